The molecule has 5 nitrogen and oxygen atoms in total. The zero-order valence-electron chi connectivity index (χ0n) is 20.1. The molecule has 0 N–H and O–H groups in total. The molecule has 2 aromatic carbocycles. The van der Waals surface area contributed by atoms with E-state index in [0.29, 0.717) is 31.2 Å². The van der Waals surface area contributed by atoms with Gasteiger partial charge in [-0.05, 0) is 62.3 Å². The Morgan fingerprint density at radius 1 is 1.00 bits per heavy atom. The number of hydrogen-bond acceptors (Lipinski definition) is 5. The Balaban J connectivity index is 1.60. The summed E-state index contributed by atoms with van der Waals surface area (Å²) in [5.41, 5.74) is -0.679. The van der Waals surface area contributed by atoms with Gasteiger partial charge in [-0.25, -0.2) is 9.18 Å². The fourth-order valence-corrected chi connectivity index (χ4v) is 3.72. The number of rotatable bonds is 11. The number of halogens is 5. The lowest BCUT2D eigenvalue weighted by Gasteiger charge is -2.28. The number of ether oxygens (including phenoxy) is 4. The number of carbonyl (C=O) groups excluding carboxylic acids is 1. The van der Waals surface area contributed by atoms with E-state index in [9.17, 15) is 26.7 Å². The minimum absolute atomic E-state index is 0.177. The average molecular weight is 517 g/mol. The Kier molecular flexibility index (Phi) is 9.53. The molecular weight excluding hydrogens is 487 g/mol. The predicted octanol–water partition coefficient (Wildman–Crippen LogP) is 7.07. The van der Waals surface area contributed by atoms with Crippen molar-refractivity contribution in [3.8, 4) is 17.2 Å². The lowest BCUT2D eigenvalue weighted by atomic mass is 9.89. The number of unbranched alkanes of at least 4 members (excludes halogenated alkanes) is 1. The molecule has 0 bridgehead atoms. The molecule has 1 fully saturated rings. The van der Waals surface area contributed by atoms with Gasteiger partial charge in [0, 0.05) is 6.07 Å². The van der Waals surface area contributed by atoms with E-state index >= 15 is 0 Å². The van der Waals surface area contributed by atoms with Crippen LogP contribution in [0.15, 0.2) is 30.3 Å². The quantitative estimate of drug-likeness (QED) is 0.138. The molecule has 2 aromatic rings. The molecule has 0 spiro atoms. The number of benzene rings is 2. The highest BCUT2D eigenvalue weighted by Gasteiger charge is 2.34. The van der Waals surface area contributed by atoms with Crippen molar-refractivity contribution in [3.05, 3.63) is 53.3 Å². The molecule has 3 rings (SSSR count). The summed E-state index contributed by atoms with van der Waals surface area (Å²) in [5, 5.41) is 0. The molecule has 1 aliphatic rings. The summed E-state index contributed by atoms with van der Waals surface area (Å²) >= 11 is 0. The molecule has 0 amide bonds. The summed E-state index contributed by atoms with van der Waals surface area (Å²) in [4.78, 5) is 12.3. The molecule has 36 heavy (non-hydrogen) atoms. The van der Waals surface area contributed by atoms with Gasteiger partial charge in [-0.1, -0.05) is 20.3 Å². The third-order valence-corrected chi connectivity index (χ3v) is 5.85. The van der Waals surface area contributed by atoms with Gasteiger partial charge in [0.2, 0.25) is 11.6 Å². The van der Waals surface area contributed by atoms with Crippen molar-refractivity contribution in [2.75, 3.05) is 13.2 Å². The first-order chi connectivity index (χ1) is 17.1. The summed E-state index contributed by atoms with van der Waals surface area (Å²) in [5.74, 6) is -6.56. The van der Waals surface area contributed by atoms with Crippen molar-refractivity contribution in [1.29, 1.82) is 0 Å². The van der Waals surface area contributed by atoms with Crippen molar-refractivity contribution in [2.45, 2.75) is 64.6 Å². The van der Waals surface area contributed by atoms with Crippen molar-refractivity contribution >= 4 is 5.97 Å². The van der Waals surface area contributed by atoms with Crippen LogP contribution >= 0.6 is 0 Å². The SMILES string of the molecule is CCCCOc1ccc(OC(=O)c2ccc(OC(F)(F)COC3CCC(C)CC3)cc2F)c(F)c1F. The van der Waals surface area contributed by atoms with Crippen LogP contribution in [0.4, 0.5) is 22.0 Å². The minimum atomic E-state index is -3.72. The third-order valence-electron chi connectivity index (χ3n) is 5.85. The van der Waals surface area contributed by atoms with E-state index in [1.165, 1.54) is 0 Å². The fraction of sp³-hybridized carbons (Fsp3) is 0.500. The molecule has 198 valence electrons. The van der Waals surface area contributed by atoms with Crippen molar-refractivity contribution in [3.63, 3.8) is 0 Å². The first-order valence-corrected chi connectivity index (χ1v) is 11.9. The summed E-state index contributed by atoms with van der Waals surface area (Å²) in [6.45, 7) is 3.17. The Labute approximate surface area is 206 Å². The lowest BCUT2D eigenvalue weighted by molar-refractivity contribution is -0.222. The second-order valence-corrected chi connectivity index (χ2v) is 8.86. The van der Waals surface area contributed by atoms with Crippen LogP contribution in [-0.4, -0.2) is 31.4 Å². The maximum absolute atomic E-state index is 14.5. The Morgan fingerprint density at radius 2 is 1.67 bits per heavy atom. The molecule has 1 saturated carbocycles. The predicted molar refractivity (Wildman–Crippen MR) is 121 cm³/mol. The van der Waals surface area contributed by atoms with E-state index in [1.807, 2.05) is 6.92 Å². The van der Waals surface area contributed by atoms with Crippen LogP contribution in [0.2, 0.25) is 0 Å². The number of hydrogen-bond donors (Lipinski definition) is 0. The van der Waals surface area contributed by atoms with Crippen LogP contribution in [0.25, 0.3) is 0 Å². The molecule has 0 heterocycles. The van der Waals surface area contributed by atoms with Crippen molar-refractivity contribution < 1.29 is 45.7 Å². The molecule has 0 unspecified atom stereocenters. The molecule has 0 radical (unpaired) electrons. The van der Waals surface area contributed by atoms with Gasteiger partial charge < -0.3 is 18.9 Å². The monoisotopic (exact) mass is 516 g/mol. The highest BCUT2D eigenvalue weighted by molar-refractivity contribution is 5.91. The third kappa shape index (κ3) is 7.56. The normalized spacial score (nSPS) is 18.1. The van der Waals surface area contributed by atoms with E-state index < -0.39 is 53.2 Å². The van der Waals surface area contributed by atoms with Crippen LogP contribution in [-0.2, 0) is 4.74 Å². The Bertz CT molecular complexity index is 1040. The van der Waals surface area contributed by atoms with Gasteiger partial charge in [-0.2, -0.15) is 17.6 Å². The van der Waals surface area contributed by atoms with Gasteiger partial charge in [-0.15, -0.1) is 0 Å². The van der Waals surface area contributed by atoms with E-state index in [1.54, 1.807) is 0 Å². The standard InChI is InChI=1S/C26H29F5O5/c1-3-4-13-33-21-11-12-22(24(29)23(21)28)35-25(32)19-10-9-18(14-20(19)27)36-26(30,31)15-34-17-7-5-16(2)6-8-17/h9-12,14,16-17H,3-8,13,15H2,1-2H3. The van der Waals surface area contributed by atoms with Crippen molar-refractivity contribution in [2.24, 2.45) is 5.92 Å². The zero-order chi connectivity index (χ0) is 26.3. The van der Waals surface area contributed by atoms with Crippen LogP contribution in [0.3, 0.4) is 0 Å². The molecule has 0 atom stereocenters. The maximum atomic E-state index is 14.5. The summed E-state index contributed by atoms with van der Waals surface area (Å²) in [6, 6.07) is 4.43. The fourth-order valence-electron chi connectivity index (χ4n) is 3.72. The molecule has 1 aliphatic carbocycles. The highest BCUT2D eigenvalue weighted by atomic mass is 19.3. The summed E-state index contributed by atoms with van der Waals surface area (Å²) in [7, 11) is 0. The van der Waals surface area contributed by atoms with Crippen LogP contribution in [0, 0.1) is 23.4 Å². The summed E-state index contributed by atoms with van der Waals surface area (Å²) in [6.07, 6.45) is 0.575. The van der Waals surface area contributed by atoms with Crippen LogP contribution in [0.5, 0.6) is 17.2 Å². The van der Waals surface area contributed by atoms with Crippen LogP contribution < -0.4 is 14.2 Å². The highest BCUT2D eigenvalue weighted by Crippen LogP contribution is 2.31. The summed E-state index contributed by atoms with van der Waals surface area (Å²) < 4.78 is 91.0. The molecule has 0 aliphatic heterocycles. The average Bonchev–Trinajstić information content (AvgIpc) is 2.83. The van der Waals surface area contributed by atoms with E-state index in [-0.39, 0.29) is 18.5 Å². The van der Waals surface area contributed by atoms with E-state index in [4.69, 9.17) is 14.2 Å². The molecular formula is C26H29F5O5. The maximum Gasteiger partial charge on any atom is 0.421 e. The molecule has 0 aromatic heterocycles. The zero-order valence-corrected chi connectivity index (χ0v) is 20.1. The first kappa shape index (κ1) is 27.7. The lowest BCUT2D eigenvalue weighted by Crippen LogP contribution is -2.34. The number of carbonyl (C=O) groups is 1. The second kappa shape index (κ2) is 12.4. The van der Waals surface area contributed by atoms with Gasteiger partial charge in [0.25, 0.3) is 0 Å². The second-order valence-electron chi connectivity index (χ2n) is 8.86. The topological polar surface area (TPSA) is 54.0 Å². The largest absolute Gasteiger partial charge is 0.490 e. The van der Waals surface area contributed by atoms with Gasteiger partial charge in [0.1, 0.15) is 11.6 Å². The number of alkyl halides is 2. The Morgan fingerprint density at radius 3 is 2.33 bits per heavy atom. The molecule has 0 saturated heterocycles. The van der Waals surface area contributed by atoms with Gasteiger partial charge in [0.05, 0.1) is 18.3 Å². The van der Waals surface area contributed by atoms with Gasteiger partial charge in [0.15, 0.2) is 18.1 Å². The van der Waals surface area contributed by atoms with Crippen molar-refractivity contribution in [1.82, 2.24) is 0 Å². The molecule has 10 heteroatoms. The smallest absolute Gasteiger partial charge is 0.421 e. The minimum Gasteiger partial charge on any atom is -0.490 e. The first-order valence-electron chi connectivity index (χ1n) is 11.9. The van der Waals surface area contributed by atoms with Gasteiger partial charge in [-0.3, -0.25) is 0 Å². The number of esters is 1. The van der Waals surface area contributed by atoms with Gasteiger partial charge >= 0.3 is 12.1 Å². The van der Waals surface area contributed by atoms with Crippen LogP contribution in [0.1, 0.15) is 62.7 Å². The Hall–Kier alpha value is -2.88. The van der Waals surface area contributed by atoms with E-state index in [2.05, 4.69) is 11.7 Å². The van der Waals surface area contributed by atoms with E-state index in [0.717, 1.165) is 43.5 Å².